The molecule has 1 aliphatic rings. The van der Waals surface area contributed by atoms with Crippen LogP contribution in [-0.4, -0.2) is 48.5 Å². The van der Waals surface area contributed by atoms with Gasteiger partial charge in [0, 0.05) is 33.1 Å². The predicted molar refractivity (Wildman–Crippen MR) is 116 cm³/mol. The lowest BCUT2D eigenvalue weighted by Gasteiger charge is -2.23. The number of amides is 2. The van der Waals surface area contributed by atoms with E-state index in [4.69, 9.17) is 9.97 Å². The summed E-state index contributed by atoms with van der Waals surface area (Å²) in [5.41, 5.74) is 1.60. The molecule has 7 nitrogen and oxygen atoms in total. The number of hydrogen-bond acceptors (Lipinski definition) is 6. The molecule has 0 spiro atoms. The van der Waals surface area contributed by atoms with Crippen molar-refractivity contribution in [3.63, 3.8) is 0 Å². The van der Waals surface area contributed by atoms with E-state index in [0.29, 0.717) is 36.6 Å². The average Bonchev–Trinajstić information content (AvgIpc) is 3.23. The fourth-order valence-corrected chi connectivity index (χ4v) is 4.05. The van der Waals surface area contributed by atoms with Gasteiger partial charge in [0.1, 0.15) is 0 Å². The number of benzene rings is 1. The van der Waals surface area contributed by atoms with E-state index in [1.807, 2.05) is 42.8 Å². The zero-order valence-corrected chi connectivity index (χ0v) is 17.1. The van der Waals surface area contributed by atoms with Gasteiger partial charge in [0.05, 0.1) is 15.9 Å². The van der Waals surface area contributed by atoms with Gasteiger partial charge in [-0.25, -0.2) is 9.97 Å². The summed E-state index contributed by atoms with van der Waals surface area (Å²) in [4.78, 5) is 39.0. The Balaban J connectivity index is 1.45. The SMILES string of the molecule is CN1CCCN(C(=O)CCCNC(=O)c2cccs2)c2nc3ccccc3nc21. The highest BCUT2D eigenvalue weighted by atomic mass is 32.1. The second kappa shape index (κ2) is 8.57. The molecule has 3 heterocycles. The van der Waals surface area contributed by atoms with Crippen LogP contribution >= 0.6 is 11.3 Å². The number of carbonyl (C=O) groups excluding carboxylic acids is 2. The first-order chi connectivity index (χ1) is 14.1. The summed E-state index contributed by atoms with van der Waals surface area (Å²) in [6, 6.07) is 11.3. The topological polar surface area (TPSA) is 78.4 Å². The fourth-order valence-electron chi connectivity index (χ4n) is 3.41. The molecule has 4 rings (SSSR count). The monoisotopic (exact) mass is 409 g/mol. The molecule has 0 aliphatic carbocycles. The van der Waals surface area contributed by atoms with E-state index in [0.717, 1.165) is 29.8 Å². The first kappa shape index (κ1) is 19.3. The maximum absolute atomic E-state index is 13.0. The third-order valence-corrected chi connectivity index (χ3v) is 5.79. The molecule has 29 heavy (non-hydrogen) atoms. The molecule has 0 bridgehead atoms. The van der Waals surface area contributed by atoms with Crippen LogP contribution in [0.2, 0.25) is 0 Å². The molecule has 2 aromatic heterocycles. The summed E-state index contributed by atoms with van der Waals surface area (Å²) in [5.74, 6) is 1.28. The van der Waals surface area contributed by atoms with Gasteiger partial charge in [-0.2, -0.15) is 0 Å². The largest absolute Gasteiger partial charge is 0.357 e. The minimum absolute atomic E-state index is 0.0107. The van der Waals surface area contributed by atoms with E-state index in [-0.39, 0.29) is 11.8 Å². The van der Waals surface area contributed by atoms with Crippen LogP contribution in [0.1, 0.15) is 28.9 Å². The van der Waals surface area contributed by atoms with Gasteiger partial charge in [-0.3, -0.25) is 14.5 Å². The minimum Gasteiger partial charge on any atom is -0.357 e. The van der Waals surface area contributed by atoms with Crippen LogP contribution in [-0.2, 0) is 4.79 Å². The van der Waals surface area contributed by atoms with Crippen molar-refractivity contribution in [2.24, 2.45) is 0 Å². The molecule has 150 valence electrons. The second-order valence-electron chi connectivity index (χ2n) is 7.02. The molecule has 8 heteroatoms. The van der Waals surface area contributed by atoms with E-state index in [9.17, 15) is 9.59 Å². The Morgan fingerprint density at radius 1 is 1.07 bits per heavy atom. The van der Waals surface area contributed by atoms with Gasteiger partial charge in [-0.1, -0.05) is 18.2 Å². The van der Waals surface area contributed by atoms with Crippen molar-refractivity contribution in [1.29, 1.82) is 0 Å². The van der Waals surface area contributed by atoms with Gasteiger partial charge < -0.3 is 10.2 Å². The van der Waals surface area contributed by atoms with E-state index in [2.05, 4.69) is 10.2 Å². The Bertz CT molecular complexity index is 1020. The molecular weight excluding hydrogens is 386 g/mol. The summed E-state index contributed by atoms with van der Waals surface area (Å²) in [5, 5.41) is 4.74. The lowest BCUT2D eigenvalue weighted by Crippen LogP contribution is -2.33. The van der Waals surface area contributed by atoms with Gasteiger partial charge in [0.2, 0.25) is 5.91 Å². The maximum atomic E-state index is 13.0. The normalized spacial score (nSPS) is 13.8. The molecule has 1 aromatic carbocycles. The van der Waals surface area contributed by atoms with Gasteiger partial charge in [-0.15, -0.1) is 11.3 Å². The van der Waals surface area contributed by atoms with Gasteiger partial charge in [-0.05, 0) is 36.4 Å². The van der Waals surface area contributed by atoms with E-state index < -0.39 is 0 Å². The molecule has 0 fully saturated rings. The number of carbonyl (C=O) groups is 2. The van der Waals surface area contributed by atoms with E-state index in [1.54, 1.807) is 11.0 Å². The molecule has 2 amide bonds. The molecule has 0 saturated heterocycles. The zero-order chi connectivity index (χ0) is 20.2. The summed E-state index contributed by atoms with van der Waals surface area (Å²) in [6.07, 6.45) is 1.78. The van der Waals surface area contributed by atoms with Gasteiger partial charge in [0.25, 0.3) is 5.91 Å². The predicted octanol–water partition coefficient (Wildman–Crippen LogP) is 3.07. The van der Waals surface area contributed by atoms with Crippen molar-refractivity contribution in [3.05, 3.63) is 46.7 Å². The number of fused-ring (bicyclic) bond motifs is 2. The Morgan fingerprint density at radius 2 is 1.83 bits per heavy atom. The quantitative estimate of drug-likeness (QED) is 0.655. The van der Waals surface area contributed by atoms with Crippen molar-refractivity contribution in [1.82, 2.24) is 15.3 Å². The van der Waals surface area contributed by atoms with Gasteiger partial charge in [0.15, 0.2) is 11.6 Å². The van der Waals surface area contributed by atoms with Crippen LogP contribution < -0.4 is 15.1 Å². The van der Waals surface area contributed by atoms with Crippen LogP contribution in [0.15, 0.2) is 41.8 Å². The van der Waals surface area contributed by atoms with Crippen LogP contribution in [0, 0.1) is 0 Å². The second-order valence-corrected chi connectivity index (χ2v) is 7.96. The molecule has 1 N–H and O–H groups in total. The standard InChI is InChI=1S/C21H23N5O2S/c1-25-12-6-13-26(20-19(25)23-15-7-2-3-8-16(15)24-20)18(27)10-4-11-22-21(28)17-9-5-14-29-17/h2-3,5,7-9,14H,4,6,10-13H2,1H3,(H,22,28). The molecule has 0 saturated carbocycles. The lowest BCUT2D eigenvalue weighted by molar-refractivity contribution is -0.118. The highest BCUT2D eigenvalue weighted by molar-refractivity contribution is 7.12. The highest BCUT2D eigenvalue weighted by Crippen LogP contribution is 2.30. The van der Waals surface area contributed by atoms with Crippen molar-refractivity contribution >= 4 is 45.8 Å². The highest BCUT2D eigenvalue weighted by Gasteiger charge is 2.26. The van der Waals surface area contributed by atoms with Crippen LogP contribution in [0.4, 0.5) is 11.6 Å². The first-order valence-corrected chi connectivity index (χ1v) is 10.6. The minimum atomic E-state index is -0.0912. The summed E-state index contributed by atoms with van der Waals surface area (Å²) >= 11 is 1.41. The molecule has 0 atom stereocenters. The number of nitrogens with zero attached hydrogens (tertiary/aromatic N) is 4. The average molecular weight is 410 g/mol. The Hall–Kier alpha value is -3.00. The van der Waals surface area contributed by atoms with Crippen LogP contribution in [0.25, 0.3) is 11.0 Å². The number of nitrogens with one attached hydrogen (secondary N) is 1. The number of aromatic nitrogens is 2. The molecule has 0 radical (unpaired) electrons. The Labute approximate surface area is 173 Å². The molecule has 1 aliphatic heterocycles. The van der Waals surface area contributed by atoms with E-state index in [1.165, 1.54) is 11.3 Å². The van der Waals surface area contributed by atoms with Crippen molar-refractivity contribution in [3.8, 4) is 0 Å². The number of para-hydroxylation sites is 2. The molecular formula is C21H23N5O2S. The Kier molecular flexibility index (Phi) is 5.71. The Morgan fingerprint density at radius 3 is 2.55 bits per heavy atom. The smallest absolute Gasteiger partial charge is 0.261 e. The number of rotatable bonds is 5. The number of hydrogen-bond donors (Lipinski definition) is 1. The third-order valence-electron chi connectivity index (χ3n) is 4.93. The lowest BCUT2D eigenvalue weighted by atomic mass is 10.2. The number of anilines is 2. The zero-order valence-electron chi connectivity index (χ0n) is 16.3. The summed E-state index contributed by atoms with van der Waals surface area (Å²) in [7, 11) is 1.98. The first-order valence-electron chi connectivity index (χ1n) is 9.73. The van der Waals surface area contributed by atoms with Crippen molar-refractivity contribution in [2.75, 3.05) is 36.5 Å². The van der Waals surface area contributed by atoms with Gasteiger partial charge >= 0.3 is 0 Å². The molecule has 0 unspecified atom stereocenters. The van der Waals surface area contributed by atoms with Crippen molar-refractivity contribution < 1.29 is 9.59 Å². The van der Waals surface area contributed by atoms with Crippen LogP contribution in [0.3, 0.4) is 0 Å². The summed E-state index contributed by atoms with van der Waals surface area (Å²) in [6.45, 7) is 1.90. The number of thiophene rings is 1. The third kappa shape index (κ3) is 4.22. The van der Waals surface area contributed by atoms with Crippen LogP contribution in [0.5, 0.6) is 0 Å². The fraction of sp³-hybridized carbons (Fsp3) is 0.333. The molecule has 3 aromatic rings. The summed E-state index contributed by atoms with van der Waals surface area (Å²) < 4.78 is 0. The van der Waals surface area contributed by atoms with E-state index >= 15 is 0 Å². The van der Waals surface area contributed by atoms with Crippen molar-refractivity contribution in [2.45, 2.75) is 19.3 Å². The maximum Gasteiger partial charge on any atom is 0.261 e.